The molecule has 1 aromatic rings. The number of carboxylic acid groups (broad SMARTS) is 1. The van der Waals surface area contributed by atoms with Crippen LogP contribution in [0.1, 0.15) is 36.8 Å². The molecule has 2 atom stereocenters. The van der Waals surface area contributed by atoms with Gasteiger partial charge in [-0.1, -0.05) is 31.2 Å². The first kappa shape index (κ1) is 13.6. The maximum absolute atomic E-state index is 12.2. The largest absolute Gasteiger partial charge is 0.480 e. The van der Waals surface area contributed by atoms with Crippen molar-refractivity contribution in [2.24, 2.45) is 0 Å². The Morgan fingerprint density at radius 3 is 2.75 bits per heavy atom. The number of morpholine rings is 1. The van der Waals surface area contributed by atoms with Crippen LogP contribution in [0, 0.1) is 0 Å². The summed E-state index contributed by atoms with van der Waals surface area (Å²) < 4.78 is 5.39. The van der Waals surface area contributed by atoms with Gasteiger partial charge in [0.15, 0.2) is 0 Å². The Morgan fingerprint density at radius 2 is 2.05 bits per heavy atom. The van der Waals surface area contributed by atoms with Gasteiger partial charge in [-0.05, 0) is 29.9 Å². The van der Waals surface area contributed by atoms with Crippen molar-refractivity contribution in [2.45, 2.75) is 31.2 Å². The number of nitrogens with zero attached hydrogens (tertiary/aromatic N) is 1. The number of ether oxygens (including phenoxy) is 1. The van der Waals surface area contributed by atoms with E-state index in [4.69, 9.17) is 4.74 Å². The Bertz CT molecular complexity index is 510. The Labute approximate surface area is 119 Å². The molecular formula is C16H21NO3. The van der Waals surface area contributed by atoms with Crippen molar-refractivity contribution >= 4 is 5.97 Å². The van der Waals surface area contributed by atoms with Gasteiger partial charge in [-0.2, -0.15) is 0 Å². The van der Waals surface area contributed by atoms with Gasteiger partial charge < -0.3 is 9.84 Å². The molecule has 1 N–H and O–H groups in total. The first-order valence-corrected chi connectivity index (χ1v) is 7.32. The molecule has 2 aliphatic rings. The van der Waals surface area contributed by atoms with E-state index in [2.05, 4.69) is 17.9 Å². The zero-order valence-corrected chi connectivity index (χ0v) is 11.8. The lowest BCUT2D eigenvalue weighted by Gasteiger charge is -2.47. The number of benzene rings is 1. The van der Waals surface area contributed by atoms with Gasteiger partial charge >= 0.3 is 5.97 Å². The minimum absolute atomic E-state index is 0.430. The van der Waals surface area contributed by atoms with E-state index in [-0.39, 0.29) is 0 Å². The van der Waals surface area contributed by atoms with Crippen LogP contribution in [0.25, 0.3) is 0 Å². The number of hydrogen-bond acceptors (Lipinski definition) is 3. The Kier molecular flexibility index (Phi) is 3.52. The molecule has 3 rings (SSSR count). The fourth-order valence-corrected chi connectivity index (χ4v) is 3.65. The van der Waals surface area contributed by atoms with Gasteiger partial charge in [0.25, 0.3) is 0 Å². The summed E-state index contributed by atoms with van der Waals surface area (Å²) in [5.74, 6) is -0.293. The van der Waals surface area contributed by atoms with Gasteiger partial charge in [0.2, 0.25) is 0 Å². The van der Waals surface area contributed by atoms with Crippen molar-refractivity contribution in [3.05, 3.63) is 35.4 Å². The summed E-state index contributed by atoms with van der Waals surface area (Å²) in [4.78, 5) is 14.3. The Hall–Kier alpha value is -1.39. The van der Waals surface area contributed by atoms with Crippen LogP contribution in [0.15, 0.2) is 24.3 Å². The van der Waals surface area contributed by atoms with E-state index in [0.29, 0.717) is 38.6 Å². The topological polar surface area (TPSA) is 49.8 Å². The molecule has 0 bridgehead atoms. The van der Waals surface area contributed by atoms with Crippen LogP contribution in [0.2, 0.25) is 0 Å². The molecule has 0 spiro atoms. The second-order valence-corrected chi connectivity index (χ2v) is 5.79. The number of aliphatic carboxylic acids is 1. The van der Waals surface area contributed by atoms with E-state index in [0.717, 1.165) is 12.0 Å². The molecule has 0 saturated carbocycles. The quantitative estimate of drug-likeness (QED) is 0.899. The second kappa shape index (κ2) is 5.19. The van der Waals surface area contributed by atoms with Gasteiger partial charge in [-0.3, -0.25) is 4.90 Å². The van der Waals surface area contributed by atoms with Crippen LogP contribution in [-0.4, -0.2) is 42.3 Å². The molecule has 4 nitrogen and oxygen atoms in total. The summed E-state index contributed by atoms with van der Waals surface area (Å²) >= 11 is 0. The second-order valence-electron chi connectivity index (χ2n) is 5.79. The van der Waals surface area contributed by atoms with Gasteiger partial charge in [-0.15, -0.1) is 0 Å². The predicted octanol–water partition coefficient (Wildman–Crippen LogP) is 2.20. The lowest BCUT2D eigenvalue weighted by molar-refractivity contribution is -0.157. The molecule has 2 unspecified atom stereocenters. The molecule has 1 aromatic carbocycles. The first-order valence-electron chi connectivity index (χ1n) is 7.32. The molecule has 1 saturated heterocycles. The third-order valence-corrected chi connectivity index (χ3v) is 4.78. The van der Waals surface area contributed by atoms with Crippen molar-refractivity contribution < 1.29 is 14.6 Å². The summed E-state index contributed by atoms with van der Waals surface area (Å²) in [6, 6.07) is 8.04. The smallest absolute Gasteiger partial charge is 0.328 e. The lowest BCUT2D eigenvalue weighted by Crippen LogP contribution is -2.57. The van der Waals surface area contributed by atoms with Gasteiger partial charge in [0, 0.05) is 13.1 Å². The third kappa shape index (κ3) is 1.95. The molecule has 1 fully saturated rings. The van der Waals surface area contributed by atoms with Crippen LogP contribution in [0.4, 0.5) is 0 Å². The SMILES string of the molecule is CC1CCC(C(=O)O)(N2CCOCC2)c2ccccc21. The molecule has 0 amide bonds. The third-order valence-electron chi connectivity index (χ3n) is 4.78. The summed E-state index contributed by atoms with van der Waals surface area (Å²) in [5.41, 5.74) is 1.30. The van der Waals surface area contributed by atoms with E-state index in [9.17, 15) is 9.90 Å². The van der Waals surface area contributed by atoms with E-state index < -0.39 is 11.5 Å². The van der Waals surface area contributed by atoms with Crippen LogP contribution < -0.4 is 0 Å². The van der Waals surface area contributed by atoms with E-state index in [1.54, 1.807) is 0 Å². The van der Waals surface area contributed by atoms with Gasteiger partial charge in [0.05, 0.1) is 13.2 Å². The molecule has 1 heterocycles. The lowest BCUT2D eigenvalue weighted by atomic mass is 9.71. The van der Waals surface area contributed by atoms with Crippen LogP contribution in [0.5, 0.6) is 0 Å². The van der Waals surface area contributed by atoms with Crippen LogP contribution in [-0.2, 0) is 15.1 Å². The minimum Gasteiger partial charge on any atom is -0.480 e. The highest BCUT2D eigenvalue weighted by atomic mass is 16.5. The van der Waals surface area contributed by atoms with Gasteiger partial charge in [0.1, 0.15) is 5.54 Å². The monoisotopic (exact) mass is 275 g/mol. The minimum atomic E-state index is -0.868. The molecule has 20 heavy (non-hydrogen) atoms. The van der Waals surface area contributed by atoms with Crippen molar-refractivity contribution in [3.63, 3.8) is 0 Å². The van der Waals surface area contributed by atoms with Crippen molar-refractivity contribution in [1.82, 2.24) is 4.90 Å². The summed E-state index contributed by atoms with van der Waals surface area (Å²) in [7, 11) is 0. The molecule has 1 aliphatic heterocycles. The molecule has 1 aliphatic carbocycles. The molecule has 0 radical (unpaired) electrons. The standard InChI is InChI=1S/C16H21NO3/c1-12-6-7-16(15(18)19,17-8-10-20-11-9-17)14-5-3-2-4-13(12)14/h2-5,12H,6-11H2,1H3,(H,18,19). The Morgan fingerprint density at radius 1 is 1.35 bits per heavy atom. The van der Waals surface area contributed by atoms with Crippen molar-refractivity contribution in [2.75, 3.05) is 26.3 Å². The molecular weight excluding hydrogens is 254 g/mol. The normalized spacial score (nSPS) is 30.8. The number of carbonyl (C=O) groups is 1. The summed E-state index contributed by atoms with van der Waals surface area (Å²) in [5, 5.41) is 9.99. The summed E-state index contributed by atoms with van der Waals surface area (Å²) in [6.07, 6.45) is 1.60. The van der Waals surface area contributed by atoms with E-state index in [1.165, 1.54) is 5.56 Å². The highest BCUT2D eigenvalue weighted by molar-refractivity contribution is 5.82. The maximum atomic E-state index is 12.2. The van der Waals surface area contributed by atoms with Crippen molar-refractivity contribution in [1.29, 1.82) is 0 Å². The predicted molar refractivity (Wildman–Crippen MR) is 75.8 cm³/mol. The van der Waals surface area contributed by atoms with Gasteiger partial charge in [-0.25, -0.2) is 4.79 Å². The zero-order chi connectivity index (χ0) is 14.2. The number of rotatable bonds is 2. The highest BCUT2D eigenvalue weighted by Gasteiger charge is 2.49. The summed E-state index contributed by atoms with van der Waals surface area (Å²) in [6.45, 7) is 4.80. The van der Waals surface area contributed by atoms with Crippen LogP contribution in [0.3, 0.4) is 0 Å². The first-order chi connectivity index (χ1) is 9.66. The van der Waals surface area contributed by atoms with E-state index in [1.807, 2.05) is 18.2 Å². The molecule has 4 heteroatoms. The fourth-order valence-electron chi connectivity index (χ4n) is 3.65. The zero-order valence-electron chi connectivity index (χ0n) is 11.8. The average Bonchev–Trinajstić information content (AvgIpc) is 2.49. The maximum Gasteiger partial charge on any atom is 0.328 e. The number of hydrogen-bond donors (Lipinski definition) is 1. The fraction of sp³-hybridized carbons (Fsp3) is 0.562. The number of carboxylic acids is 1. The molecule has 0 aromatic heterocycles. The molecule has 108 valence electrons. The van der Waals surface area contributed by atoms with E-state index >= 15 is 0 Å². The number of fused-ring (bicyclic) bond motifs is 1. The Balaban J connectivity index is 2.11. The van der Waals surface area contributed by atoms with Crippen molar-refractivity contribution in [3.8, 4) is 0 Å². The van der Waals surface area contributed by atoms with Crippen LogP contribution >= 0.6 is 0 Å². The highest BCUT2D eigenvalue weighted by Crippen LogP contribution is 2.45. The average molecular weight is 275 g/mol.